The summed E-state index contributed by atoms with van der Waals surface area (Å²) < 4.78 is 49.4. The van der Waals surface area contributed by atoms with Crippen molar-refractivity contribution in [1.29, 1.82) is 0 Å². The molecular formula is C22H20FN5O5S. The van der Waals surface area contributed by atoms with Crippen LogP contribution in [0.25, 0.3) is 10.9 Å². The van der Waals surface area contributed by atoms with E-state index in [1.54, 1.807) is 22.8 Å². The summed E-state index contributed by atoms with van der Waals surface area (Å²) in [5.41, 5.74) is 3.47. The summed E-state index contributed by atoms with van der Waals surface area (Å²) in [6.45, 7) is 0.244. The lowest BCUT2D eigenvalue weighted by atomic mass is 10.2. The molecular weight excluding hydrogens is 465 g/mol. The molecule has 1 aromatic carbocycles. The number of carbonyl (C=O) groups excluding carboxylic acids is 1. The minimum Gasteiger partial charge on any atom is -0.480 e. The minimum atomic E-state index is -4.15. The lowest BCUT2D eigenvalue weighted by Gasteiger charge is -2.10. The number of carbonyl (C=O) groups is 1. The van der Waals surface area contributed by atoms with Crippen LogP contribution in [0.3, 0.4) is 0 Å². The van der Waals surface area contributed by atoms with E-state index in [1.165, 1.54) is 57.1 Å². The first-order valence-corrected chi connectivity index (χ1v) is 11.4. The van der Waals surface area contributed by atoms with Crippen LogP contribution in [0, 0.1) is 5.82 Å². The van der Waals surface area contributed by atoms with E-state index in [-0.39, 0.29) is 39.9 Å². The van der Waals surface area contributed by atoms with Crippen LogP contribution in [-0.4, -0.2) is 43.1 Å². The number of amides is 1. The van der Waals surface area contributed by atoms with Crippen molar-refractivity contribution < 1.29 is 27.2 Å². The monoisotopic (exact) mass is 485 g/mol. The first-order valence-electron chi connectivity index (χ1n) is 9.91. The van der Waals surface area contributed by atoms with Crippen LogP contribution < -0.4 is 14.9 Å². The predicted octanol–water partition coefficient (Wildman–Crippen LogP) is 2.72. The third-order valence-electron chi connectivity index (χ3n) is 4.92. The number of halogens is 1. The van der Waals surface area contributed by atoms with Crippen LogP contribution in [-0.2, 0) is 21.4 Å². The normalized spacial score (nSPS) is 11.4. The summed E-state index contributed by atoms with van der Waals surface area (Å²) in [5.74, 6) is -0.918. The fourth-order valence-electron chi connectivity index (χ4n) is 3.39. The van der Waals surface area contributed by atoms with Crippen molar-refractivity contribution in [3.05, 3.63) is 78.1 Å². The first-order chi connectivity index (χ1) is 16.3. The standard InChI is InChI=1S/C22H20FN5O5S/c1-32-22-17(4-3-9-24-22)27-34(30,31)20-13-28(12-14-5-7-15(23)8-6-14)19-11-25-18(10-16(19)20)21(29)26-33-2/h3-11,13,27H,12H2,1-2H3,(H,26,29). The third kappa shape index (κ3) is 4.67. The Bertz CT molecular complexity index is 1450. The first kappa shape index (κ1) is 23.1. The maximum absolute atomic E-state index is 13.4. The zero-order valence-electron chi connectivity index (χ0n) is 18.1. The van der Waals surface area contributed by atoms with E-state index in [1.807, 2.05) is 0 Å². The second kappa shape index (κ2) is 9.45. The smallest absolute Gasteiger partial charge is 0.293 e. The van der Waals surface area contributed by atoms with Gasteiger partial charge in [-0.05, 0) is 35.9 Å². The molecule has 0 saturated heterocycles. The number of hydrogen-bond donors (Lipinski definition) is 2. The maximum atomic E-state index is 13.4. The van der Waals surface area contributed by atoms with Crippen LogP contribution in [0.2, 0.25) is 0 Å². The van der Waals surface area contributed by atoms with Gasteiger partial charge >= 0.3 is 0 Å². The lowest BCUT2D eigenvalue weighted by molar-refractivity contribution is 0.0532. The molecule has 0 saturated carbocycles. The van der Waals surface area contributed by atoms with Gasteiger partial charge in [-0.25, -0.2) is 28.3 Å². The highest BCUT2D eigenvalue weighted by molar-refractivity contribution is 7.93. The van der Waals surface area contributed by atoms with Crippen LogP contribution in [0.15, 0.2) is 66.0 Å². The van der Waals surface area contributed by atoms with Gasteiger partial charge in [0.1, 0.15) is 22.1 Å². The number of aromatic nitrogens is 3. The van der Waals surface area contributed by atoms with Gasteiger partial charge in [0.25, 0.3) is 15.9 Å². The number of nitrogens with zero attached hydrogens (tertiary/aromatic N) is 3. The minimum absolute atomic E-state index is 0.0377. The molecule has 2 N–H and O–H groups in total. The van der Waals surface area contributed by atoms with Crippen molar-refractivity contribution in [2.24, 2.45) is 0 Å². The molecule has 10 nitrogen and oxygen atoms in total. The Kier molecular flexibility index (Phi) is 6.43. The molecule has 0 spiro atoms. The summed E-state index contributed by atoms with van der Waals surface area (Å²) in [6, 6.07) is 10.3. The van der Waals surface area contributed by atoms with Gasteiger partial charge < -0.3 is 9.30 Å². The molecule has 0 aliphatic heterocycles. The number of sulfonamides is 1. The van der Waals surface area contributed by atoms with Gasteiger partial charge in [0.05, 0.1) is 25.9 Å². The van der Waals surface area contributed by atoms with E-state index < -0.39 is 15.9 Å². The number of methoxy groups -OCH3 is 1. The summed E-state index contributed by atoms with van der Waals surface area (Å²) in [4.78, 5) is 24.9. The second-order valence-corrected chi connectivity index (χ2v) is 8.79. The SMILES string of the molecule is CONC(=O)c1cc2c(S(=O)(=O)Nc3cccnc3OC)cn(Cc3ccc(F)cc3)c2cn1. The van der Waals surface area contributed by atoms with E-state index >= 15 is 0 Å². The van der Waals surface area contributed by atoms with Crippen molar-refractivity contribution in [2.45, 2.75) is 11.4 Å². The average Bonchev–Trinajstić information content (AvgIpc) is 3.19. The molecule has 4 rings (SSSR count). The van der Waals surface area contributed by atoms with E-state index in [4.69, 9.17) is 4.74 Å². The Balaban J connectivity index is 1.83. The van der Waals surface area contributed by atoms with Crippen molar-refractivity contribution >= 4 is 32.5 Å². The summed E-state index contributed by atoms with van der Waals surface area (Å²) >= 11 is 0. The number of benzene rings is 1. The molecule has 0 unspecified atom stereocenters. The summed E-state index contributed by atoms with van der Waals surface area (Å²) in [7, 11) is -1.50. The fraction of sp³-hybridized carbons (Fsp3) is 0.136. The van der Waals surface area contributed by atoms with Crippen molar-refractivity contribution in [1.82, 2.24) is 20.0 Å². The van der Waals surface area contributed by atoms with Crippen molar-refractivity contribution in [2.75, 3.05) is 18.9 Å². The zero-order chi connectivity index (χ0) is 24.3. The number of hydrogen-bond acceptors (Lipinski definition) is 7. The predicted molar refractivity (Wildman–Crippen MR) is 121 cm³/mol. The summed E-state index contributed by atoms with van der Waals surface area (Å²) in [5, 5.41) is 0.258. The number of hydroxylamine groups is 1. The van der Waals surface area contributed by atoms with Gasteiger partial charge in [-0.1, -0.05) is 12.1 Å². The molecule has 1 amide bonds. The van der Waals surface area contributed by atoms with Crippen LogP contribution in [0.1, 0.15) is 16.1 Å². The molecule has 3 heterocycles. The Hall–Kier alpha value is -4.03. The van der Waals surface area contributed by atoms with E-state index in [2.05, 4.69) is 25.0 Å². The molecule has 0 aliphatic carbocycles. The van der Waals surface area contributed by atoms with Crippen molar-refractivity contribution in [3.63, 3.8) is 0 Å². The van der Waals surface area contributed by atoms with Crippen molar-refractivity contribution in [3.8, 4) is 5.88 Å². The number of nitrogens with one attached hydrogen (secondary N) is 2. The van der Waals surface area contributed by atoms with Gasteiger partial charge in [0.15, 0.2) is 0 Å². The zero-order valence-corrected chi connectivity index (χ0v) is 19.0. The fourth-order valence-corrected chi connectivity index (χ4v) is 4.66. The largest absolute Gasteiger partial charge is 0.480 e. The number of anilines is 1. The average molecular weight is 485 g/mol. The second-order valence-electron chi connectivity index (χ2n) is 7.14. The van der Waals surface area contributed by atoms with Gasteiger partial charge in [-0.2, -0.15) is 0 Å². The highest BCUT2D eigenvalue weighted by Gasteiger charge is 2.24. The highest BCUT2D eigenvalue weighted by atomic mass is 32.2. The Morgan fingerprint density at radius 2 is 1.91 bits per heavy atom. The van der Waals surface area contributed by atoms with E-state index in [9.17, 15) is 17.6 Å². The molecule has 176 valence electrons. The maximum Gasteiger partial charge on any atom is 0.293 e. The van der Waals surface area contributed by atoms with Crippen LogP contribution in [0.5, 0.6) is 5.88 Å². The van der Waals surface area contributed by atoms with Gasteiger partial charge in [0, 0.05) is 24.3 Å². The molecule has 0 fully saturated rings. The van der Waals surface area contributed by atoms with Gasteiger partial charge in [0.2, 0.25) is 5.88 Å². The molecule has 0 atom stereocenters. The molecule has 0 bridgehead atoms. The molecule has 0 aliphatic rings. The van der Waals surface area contributed by atoms with E-state index in [0.717, 1.165) is 5.56 Å². The number of rotatable bonds is 8. The molecule has 0 radical (unpaired) electrons. The number of ether oxygens (including phenoxy) is 1. The van der Waals surface area contributed by atoms with Gasteiger partial charge in [-0.15, -0.1) is 0 Å². The summed E-state index contributed by atoms with van der Waals surface area (Å²) in [6.07, 6.45) is 4.30. The van der Waals surface area contributed by atoms with Crippen LogP contribution >= 0.6 is 0 Å². The third-order valence-corrected chi connectivity index (χ3v) is 6.32. The van der Waals surface area contributed by atoms with Gasteiger partial charge in [-0.3, -0.25) is 14.4 Å². The van der Waals surface area contributed by atoms with Crippen LogP contribution in [0.4, 0.5) is 10.1 Å². The molecule has 34 heavy (non-hydrogen) atoms. The molecule has 4 aromatic rings. The van der Waals surface area contributed by atoms with E-state index in [0.29, 0.717) is 5.52 Å². The Labute approximate surface area is 194 Å². The quantitative estimate of drug-likeness (QED) is 0.368. The Morgan fingerprint density at radius 3 is 2.62 bits per heavy atom. The topological polar surface area (TPSA) is 124 Å². The molecule has 12 heteroatoms. The highest BCUT2D eigenvalue weighted by Crippen LogP contribution is 2.30. The Morgan fingerprint density at radius 1 is 1.15 bits per heavy atom. The number of fused-ring (bicyclic) bond motifs is 1. The lowest BCUT2D eigenvalue weighted by Crippen LogP contribution is -2.22. The number of pyridine rings is 2. The molecule has 3 aromatic heterocycles.